The number of nitrogens with one attached hydrogen (secondary N) is 1. The summed E-state index contributed by atoms with van der Waals surface area (Å²) in [5, 5.41) is 3.28. The minimum atomic E-state index is -3.17. The van der Waals surface area contributed by atoms with E-state index in [0.29, 0.717) is 13.2 Å². The summed E-state index contributed by atoms with van der Waals surface area (Å²) in [6, 6.07) is 0. The summed E-state index contributed by atoms with van der Waals surface area (Å²) in [7, 11) is -1.52. The molecule has 0 atom stereocenters. The Morgan fingerprint density at radius 3 is 2.61 bits per heavy atom. The van der Waals surface area contributed by atoms with E-state index in [1.807, 2.05) is 6.92 Å². The Bertz CT molecular complexity index is 315. The summed E-state index contributed by atoms with van der Waals surface area (Å²) in [5.74, 6) is 0.0683. The summed E-state index contributed by atoms with van der Waals surface area (Å²) in [6.07, 6.45) is 0. The zero-order chi connectivity index (χ0) is 13.4. The number of likely N-dealkylation sites (N-methyl/N-ethyl adjacent to an activating group) is 1. The zero-order valence-corrected chi connectivity index (χ0v) is 12.2. The first-order chi connectivity index (χ1) is 8.56. The van der Waals surface area contributed by atoms with Gasteiger partial charge in [0.05, 0.1) is 12.4 Å². The van der Waals surface area contributed by atoms with Crippen molar-refractivity contribution in [3.63, 3.8) is 0 Å². The molecule has 0 saturated carbocycles. The molecule has 1 aliphatic heterocycles. The van der Waals surface area contributed by atoms with Gasteiger partial charge >= 0.3 is 0 Å². The molecule has 0 radical (unpaired) electrons. The third-order valence-electron chi connectivity index (χ3n) is 3.11. The van der Waals surface area contributed by atoms with Crippen LogP contribution in [0.5, 0.6) is 0 Å². The van der Waals surface area contributed by atoms with E-state index >= 15 is 0 Å². The molecule has 0 amide bonds. The molecule has 108 valence electrons. The van der Waals surface area contributed by atoms with Crippen LogP contribution in [-0.2, 0) is 14.8 Å². The lowest BCUT2D eigenvalue weighted by Crippen LogP contribution is -2.46. The molecule has 1 heterocycles. The SMILES string of the molecule is CCOCCS(=O)(=O)N(C)CCN1CCNCC1. The van der Waals surface area contributed by atoms with Crippen molar-refractivity contribution in [1.29, 1.82) is 0 Å². The molecular weight excluding hydrogens is 254 g/mol. The molecule has 1 aliphatic rings. The van der Waals surface area contributed by atoms with E-state index in [-0.39, 0.29) is 12.4 Å². The van der Waals surface area contributed by atoms with Crippen LogP contribution in [0, 0.1) is 0 Å². The molecule has 1 N–H and O–H groups in total. The number of nitrogens with zero attached hydrogens (tertiary/aromatic N) is 2. The van der Waals surface area contributed by atoms with E-state index in [0.717, 1.165) is 32.7 Å². The Balaban J connectivity index is 2.27. The molecule has 6 nitrogen and oxygen atoms in total. The first-order valence-electron chi connectivity index (χ1n) is 6.51. The quantitative estimate of drug-likeness (QED) is 0.589. The highest BCUT2D eigenvalue weighted by molar-refractivity contribution is 7.89. The monoisotopic (exact) mass is 279 g/mol. The molecule has 0 bridgehead atoms. The van der Waals surface area contributed by atoms with Gasteiger partial charge in [0.2, 0.25) is 10.0 Å². The Kier molecular flexibility index (Phi) is 7.10. The van der Waals surface area contributed by atoms with E-state index in [1.54, 1.807) is 7.05 Å². The second-order valence-electron chi connectivity index (χ2n) is 4.43. The summed E-state index contributed by atoms with van der Waals surface area (Å²) >= 11 is 0. The average molecular weight is 279 g/mol. The van der Waals surface area contributed by atoms with Crippen LogP contribution >= 0.6 is 0 Å². The number of piperazine rings is 1. The third-order valence-corrected chi connectivity index (χ3v) is 4.92. The van der Waals surface area contributed by atoms with Crippen molar-refractivity contribution in [3.05, 3.63) is 0 Å². The number of sulfonamides is 1. The van der Waals surface area contributed by atoms with Crippen LogP contribution in [0.2, 0.25) is 0 Å². The van der Waals surface area contributed by atoms with E-state index in [4.69, 9.17) is 4.74 Å². The number of rotatable bonds is 8. The summed E-state index contributed by atoms with van der Waals surface area (Å²) in [6.45, 7) is 8.00. The molecule has 18 heavy (non-hydrogen) atoms. The fraction of sp³-hybridized carbons (Fsp3) is 1.00. The fourth-order valence-corrected chi connectivity index (χ4v) is 2.82. The fourth-order valence-electron chi connectivity index (χ4n) is 1.82. The maximum Gasteiger partial charge on any atom is 0.216 e. The number of hydrogen-bond acceptors (Lipinski definition) is 5. The molecule has 1 fully saturated rings. The lowest BCUT2D eigenvalue weighted by Gasteiger charge is -2.28. The molecule has 0 aromatic rings. The standard InChI is InChI=1S/C11H25N3O3S/c1-3-17-10-11-18(15,16)13(2)8-9-14-6-4-12-5-7-14/h12H,3-11H2,1-2H3. The number of ether oxygens (including phenoxy) is 1. The first kappa shape index (κ1) is 15.8. The van der Waals surface area contributed by atoms with Gasteiger partial charge < -0.3 is 10.1 Å². The molecule has 1 rings (SSSR count). The van der Waals surface area contributed by atoms with Gasteiger partial charge in [0.15, 0.2) is 0 Å². The van der Waals surface area contributed by atoms with Crippen molar-refractivity contribution in [2.75, 3.05) is 65.3 Å². The molecule has 1 saturated heterocycles. The van der Waals surface area contributed by atoms with Gasteiger partial charge in [0, 0.05) is 52.9 Å². The Labute approximate surface area is 110 Å². The lowest BCUT2D eigenvalue weighted by molar-refractivity contribution is 0.162. The highest BCUT2D eigenvalue weighted by Gasteiger charge is 2.18. The Hall–Kier alpha value is -0.210. The Morgan fingerprint density at radius 1 is 1.33 bits per heavy atom. The van der Waals surface area contributed by atoms with Gasteiger partial charge in [0.25, 0.3) is 0 Å². The smallest absolute Gasteiger partial charge is 0.216 e. The highest BCUT2D eigenvalue weighted by atomic mass is 32.2. The predicted molar refractivity (Wildman–Crippen MR) is 72.2 cm³/mol. The van der Waals surface area contributed by atoms with Crippen molar-refractivity contribution in [1.82, 2.24) is 14.5 Å². The molecule has 0 aliphatic carbocycles. The van der Waals surface area contributed by atoms with Crippen molar-refractivity contribution < 1.29 is 13.2 Å². The van der Waals surface area contributed by atoms with Gasteiger partial charge in [-0.25, -0.2) is 12.7 Å². The first-order valence-corrected chi connectivity index (χ1v) is 8.12. The lowest BCUT2D eigenvalue weighted by atomic mass is 10.3. The zero-order valence-electron chi connectivity index (χ0n) is 11.4. The molecule has 0 aromatic carbocycles. The van der Waals surface area contributed by atoms with Crippen molar-refractivity contribution in [2.24, 2.45) is 0 Å². The minimum Gasteiger partial charge on any atom is -0.381 e. The van der Waals surface area contributed by atoms with Crippen LogP contribution < -0.4 is 5.32 Å². The summed E-state index contributed by atoms with van der Waals surface area (Å²) < 4.78 is 30.3. The van der Waals surface area contributed by atoms with Crippen LogP contribution in [0.25, 0.3) is 0 Å². The Morgan fingerprint density at radius 2 is 2.00 bits per heavy atom. The van der Waals surface area contributed by atoms with Gasteiger partial charge in [-0.3, -0.25) is 4.90 Å². The van der Waals surface area contributed by atoms with Crippen LogP contribution in [0.15, 0.2) is 0 Å². The molecule has 0 aromatic heterocycles. The molecular formula is C11H25N3O3S. The van der Waals surface area contributed by atoms with Gasteiger partial charge in [-0.2, -0.15) is 0 Å². The summed E-state index contributed by atoms with van der Waals surface area (Å²) in [5.41, 5.74) is 0. The van der Waals surface area contributed by atoms with Crippen LogP contribution in [-0.4, -0.2) is 82.9 Å². The normalized spacial score (nSPS) is 18.4. The van der Waals surface area contributed by atoms with E-state index in [1.165, 1.54) is 4.31 Å². The molecule has 0 unspecified atom stereocenters. The largest absolute Gasteiger partial charge is 0.381 e. The predicted octanol–water partition coefficient (Wildman–Crippen LogP) is -0.810. The maximum atomic E-state index is 11.9. The summed E-state index contributed by atoms with van der Waals surface area (Å²) in [4.78, 5) is 2.28. The second-order valence-corrected chi connectivity index (χ2v) is 6.62. The van der Waals surface area contributed by atoms with Gasteiger partial charge in [-0.1, -0.05) is 0 Å². The third kappa shape index (κ3) is 5.62. The van der Waals surface area contributed by atoms with Crippen molar-refractivity contribution in [2.45, 2.75) is 6.92 Å². The minimum absolute atomic E-state index is 0.0683. The number of hydrogen-bond donors (Lipinski definition) is 1. The average Bonchev–Trinajstić information content (AvgIpc) is 2.37. The van der Waals surface area contributed by atoms with E-state index in [9.17, 15) is 8.42 Å². The maximum absolute atomic E-state index is 11.9. The van der Waals surface area contributed by atoms with Crippen LogP contribution in [0.3, 0.4) is 0 Å². The second kappa shape index (κ2) is 8.06. The van der Waals surface area contributed by atoms with Crippen molar-refractivity contribution in [3.8, 4) is 0 Å². The van der Waals surface area contributed by atoms with E-state index in [2.05, 4.69) is 10.2 Å². The molecule has 7 heteroatoms. The van der Waals surface area contributed by atoms with Gasteiger partial charge in [0.1, 0.15) is 0 Å². The molecule has 0 spiro atoms. The van der Waals surface area contributed by atoms with Crippen molar-refractivity contribution >= 4 is 10.0 Å². The van der Waals surface area contributed by atoms with E-state index < -0.39 is 10.0 Å². The topological polar surface area (TPSA) is 61.9 Å². The van der Waals surface area contributed by atoms with Gasteiger partial charge in [-0.05, 0) is 6.92 Å². The highest BCUT2D eigenvalue weighted by Crippen LogP contribution is 2.00. The van der Waals surface area contributed by atoms with Crippen LogP contribution in [0.4, 0.5) is 0 Å². The van der Waals surface area contributed by atoms with Gasteiger partial charge in [-0.15, -0.1) is 0 Å². The van der Waals surface area contributed by atoms with Crippen LogP contribution in [0.1, 0.15) is 6.92 Å².